The van der Waals surface area contributed by atoms with E-state index in [2.05, 4.69) is 0 Å². The number of ether oxygens (including phenoxy) is 2. The van der Waals surface area contributed by atoms with Crippen molar-refractivity contribution in [3.8, 4) is 5.75 Å². The molecule has 0 radical (unpaired) electrons. The fourth-order valence-electron chi connectivity index (χ4n) is 1.94. The first kappa shape index (κ1) is 16.7. The van der Waals surface area contributed by atoms with E-state index in [1.54, 1.807) is 20.3 Å². The summed E-state index contributed by atoms with van der Waals surface area (Å²) in [4.78, 5) is 11.7. The number of carbonyl (C=O) groups excluding carboxylic acids is 1. The van der Waals surface area contributed by atoms with Gasteiger partial charge in [0.25, 0.3) is 0 Å². The highest BCUT2D eigenvalue weighted by atomic mass is 32.2. The Bertz CT molecular complexity index is 442. The zero-order chi connectivity index (χ0) is 15.0. The molecule has 2 atom stereocenters. The molecule has 0 aliphatic carbocycles. The number of hydrogen-bond donors (Lipinski definition) is 0. The molecule has 0 fully saturated rings. The van der Waals surface area contributed by atoms with Gasteiger partial charge in [-0.3, -0.25) is 9.00 Å². The van der Waals surface area contributed by atoms with Crippen LogP contribution in [0.25, 0.3) is 0 Å². The number of methoxy groups -OCH3 is 1. The van der Waals surface area contributed by atoms with Crippen molar-refractivity contribution in [1.29, 1.82) is 0 Å². The molecule has 0 bridgehead atoms. The maximum Gasteiger partial charge on any atom is 0.321 e. The van der Waals surface area contributed by atoms with Gasteiger partial charge in [-0.2, -0.15) is 0 Å². The molecule has 1 aromatic carbocycles. The molecule has 0 aromatic heterocycles. The van der Waals surface area contributed by atoms with Gasteiger partial charge in [0.2, 0.25) is 0 Å². The summed E-state index contributed by atoms with van der Waals surface area (Å²) in [7, 11) is 0.442. The van der Waals surface area contributed by atoms with Gasteiger partial charge in [-0.1, -0.05) is 12.1 Å². The van der Waals surface area contributed by atoms with Crippen LogP contribution >= 0.6 is 0 Å². The molecule has 1 aromatic rings. The number of benzene rings is 1. The number of hydrogen-bond acceptors (Lipinski definition) is 4. The van der Waals surface area contributed by atoms with Gasteiger partial charge in [0, 0.05) is 17.1 Å². The molecular weight excluding hydrogens is 276 g/mol. The molecule has 0 saturated heterocycles. The van der Waals surface area contributed by atoms with E-state index >= 15 is 0 Å². The average molecular weight is 298 g/mol. The molecule has 0 aliphatic heterocycles. The predicted octanol–water partition coefficient (Wildman–Crippen LogP) is 2.33. The standard InChI is InChI=1S/C15H22O4S/c1-4-19-15(16)14(20(3)17)7-5-6-12-8-10-13(18-2)11-9-12/h8-11,14H,4-7H2,1-3H3. The van der Waals surface area contributed by atoms with Crippen LogP contribution in [0.5, 0.6) is 5.75 Å². The van der Waals surface area contributed by atoms with Crippen LogP contribution in [0.2, 0.25) is 0 Å². The molecule has 0 N–H and O–H groups in total. The van der Waals surface area contributed by atoms with Crippen LogP contribution in [-0.2, 0) is 26.8 Å². The van der Waals surface area contributed by atoms with Gasteiger partial charge < -0.3 is 9.47 Å². The number of esters is 1. The third-order valence-electron chi connectivity index (χ3n) is 3.04. The van der Waals surface area contributed by atoms with Crippen LogP contribution in [0.15, 0.2) is 24.3 Å². The van der Waals surface area contributed by atoms with Crippen LogP contribution in [0, 0.1) is 0 Å². The van der Waals surface area contributed by atoms with Gasteiger partial charge in [0.05, 0.1) is 13.7 Å². The van der Waals surface area contributed by atoms with Crippen molar-refractivity contribution in [2.45, 2.75) is 31.4 Å². The van der Waals surface area contributed by atoms with E-state index in [9.17, 15) is 9.00 Å². The molecule has 0 heterocycles. The summed E-state index contributed by atoms with van der Waals surface area (Å²) in [6, 6.07) is 7.83. The van der Waals surface area contributed by atoms with Gasteiger partial charge >= 0.3 is 5.97 Å². The van der Waals surface area contributed by atoms with E-state index < -0.39 is 16.0 Å². The minimum atomic E-state index is -1.19. The predicted molar refractivity (Wildman–Crippen MR) is 80.4 cm³/mol. The van der Waals surface area contributed by atoms with E-state index in [1.807, 2.05) is 24.3 Å². The summed E-state index contributed by atoms with van der Waals surface area (Å²) in [6.45, 7) is 2.08. The van der Waals surface area contributed by atoms with Gasteiger partial charge in [0.1, 0.15) is 11.0 Å². The van der Waals surface area contributed by atoms with Crippen LogP contribution in [0.4, 0.5) is 0 Å². The van der Waals surface area contributed by atoms with Crippen molar-refractivity contribution in [2.24, 2.45) is 0 Å². The van der Waals surface area contributed by atoms with Gasteiger partial charge in [-0.15, -0.1) is 0 Å². The molecule has 5 heteroatoms. The van der Waals surface area contributed by atoms with Crippen LogP contribution in [0.3, 0.4) is 0 Å². The third-order valence-corrected chi connectivity index (χ3v) is 4.27. The normalized spacial score (nSPS) is 13.6. The van der Waals surface area contributed by atoms with Crippen molar-refractivity contribution in [3.63, 3.8) is 0 Å². The number of carbonyl (C=O) groups is 1. The topological polar surface area (TPSA) is 52.6 Å². The number of rotatable bonds is 8. The second-order valence-corrected chi connectivity index (χ2v) is 6.05. The Morgan fingerprint density at radius 1 is 1.30 bits per heavy atom. The smallest absolute Gasteiger partial charge is 0.321 e. The van der Waals surface area contributed by atoms with Crippen LogP contribution in [0.1, 0.15) is 25.3 Å². The van der Waals surface area contributed by atoms with E-state index in [4.69, 9.17) is 9.47 Å². The lowest BCUT2D eigenvalue weighted by Gasteiger charge is -2.12. The quantitative estimate of drug-likeness (QED) is 0.691. The minimum Gasteiger partial charge on any atom is -0.497 e. The second-order valence-electron chi connectivity index (χ2n) is 4.48. The summed E-state index contributed by atoms with van der Waals surface area (Å²) < 4.78 is 21.6. The molecular formula is C15H22O4S. The highest BCUT2D eigenvalue weighted by Crippen LogP contribution is 2.15. The SMILES string of the molecule is CCOC(=O)C(CCCc1ccc(OC)cc1)S(C)=O. The van der Waals surface area contributed by atoms with Crippen molar-refractivity contribution < 1.29 is 18.5 Å². The lowest BCUT2D eigenvalue weighted by molar-refractivity contribution is -0.142. The van der Waals surface area contributed by atoms with E-state index in [-0.39, 0.29) is 5.97 Å². The average Bonchev–Trinajstić information content (AvgIpc) is 2.44. The first-order valence-corrected chi connectivity index (χ1v) is 8.32. The molecule has 1 rings (SSSR count). The molecule has 0 spiro atoms. The monoisotopic (exact) mass is 298 g/mol. The van der Waals surface area contributed by atoms with Gasteiger partial charge in [-0.05, 0) is 43.9 Å². The first-order chi connectivity index (χ1) is 9.58. The van der Waals surface area contributed by atoms with Crippen LogP contribution < -0.4 is 4.74 Å². The summed E-state index contributed by atoms with van der Waals surface area (Å²) in [5, 5.41) is -0.520. The highest BCUT2D eigenvalue weighted by molar-refractivity contribution is 7.85. The lowest BCUT2D eigenvalue weighted by atomic mass is 10.1. The van der Waals surface area contributed by atoms with Crippen molar-refractivity contribution >= 4 is 16.8 Å². The summed E-state index contributed by atoms with van der Waals surface area (Å²) in [6.07, 6.45) is 3.77. The third kappa shape index (κ3) is 5.33. The molecule has 4 nitrogen and oxygen atoms in total. The van der Waals surface area contributed by atoms with E-state index in [1.165, 1.54) is 5.56 Å². The first-order valence-electron chi connectivity index (χ1n) is 6.70. The Morgan fingerprint density at radius 2 is 1.95 bits per heavy atom. The Hall–Kier alpha value is -1.36. The Balaban J connectivity index is 2.47. The summed E-state index contributed by atoms with van der Waals surface area (Å²) in [5.41, 5.74) is 1.18. The van der Waals surface area contributed by atoms with E-state index in [0.717, 1.165) is 18.6 Å². The molecule has 20 heavy (non-hydrogen) atoms. The number of aryl methyl sites for hydroxylation is 1. The Morgan fingerprint density at radius 3 is 2.45 bits per heavy atom. The van der Waals surface area contributed by atoms with Crippen molar-refractivity contribution in [3.05, 3.63) is 29.8 Å². The maximum absolute atomic E-state index is 11.7. The molecule has 112 valence electrons. The fraction of sp³-hybridized carbons (Fsp3) is 0.533. The second kappa shape index (κ2) is 8.74. The van der Waals surface area contributed by atoms with Gasteiger partial charge in [0.15, 0.2) is 0 Å². The summed E-state index contributed by atoms with van der Waals surface area (Å²) in [5.74, 6) is 0.468. The zero-order valence-corrected chi connectivity index (χ0v) is 13.1. The molecule has 0 amide bonds. The maximum atomic E-state index is 11.7. The fourth-order valence-corrected chi connectivity index (χ4v) is 2.78. The lowest BCUT2D eigenvalue weighted by Crippen LogP contribution is -2.27. The molecule has 0 saturated carbocycles. The molecule has 0 aliphatic rings. The van der Waals surface area contributed by atoms with Crippen LogP contribution in [-0.4, -0.2) is 35.4 Å². The summed E-state index contributed by atoms with van der Waals surface area (Å²) >= 11 is 0. The van der Waals surface area contributed by atoms with Crippen molar-refractivity contribution in [2.75, 3.05) is 20.0 Å². The largest absolute Gasteiger partial charge is 0.497 e. The van der Waals surface area contributed by atoms with E-state index in [0.29, 0.717) is 13.0 Å². The minimum absolute atomic E-state index is 0.324. The zero-order valence-electron chi connectivity index (χ0n) is 12.3. The highest BCUT2D eigenvalue weighted by Gasteiger charge is 2.23. The Kier molecular flexibility index (Phi) is 7.30. The van der Waals surface area contributed by atoms with Gasteiger partial charge in [-0.25, -0.2) is 0 Å². The van der Waals surface area contributed by atoms with Crippen molar-refractivity contribution in [1.82, 2.24) is 0 Å². The molecule has 2 unspecified atom stereocenters. The Labute approximate surface area is 122 Å².